The number of ether oxygens (including phenoxy) is 1. The Bertz CT molecular complexity index is 322. The van der Waals surface area contributed by atoms with Gasteiger partial charge in [-0.1, -0.05) is 5.21 Å². The van der Waals surface area contributed by atoms with Crippen molar-refractivity contribution in [3.8, 4) is 0 Å². The fraction of sp³-hybridized carbons (Fsp3) is 0.818. The van der Waals surface area contributed by atoms with Crippen molar-refractivity contribution in [2.45, 2.75) is 38.8 Å². The van der Waals surface area contributed by atoms with Gasteiger partial charge in [-0.2, -0.15) is 0 Å². The first-order chi connectivity index (χ1) is 7.49. The number of rotatable bonds is 6. The minimum Gasteiger partial charge on any atom is -0.374 e. The third-order valence-corrected chi connectivity index (χ3v) is 2.77. The molecule has 1 aromatic rings. The van der Waals surface area contributed by atoms with Crippen LogP contribution in [0.3, 0.4) is 0 Å². The van der Waals surface area contributed by atoms with E-state index >= 15 is 0 Å². The predicted molar refractivity (Wildman–Crippen MR) is 63.3 cm³/mol. The molecule has 0 amide bonds. The van der Waals surface area contributed by atoms with Crippen LogP contribution in [0.2, 0.25) is 0 Å². The number of aromatic nitrogens is 3. The Labute approximate surface area is 97.2 Å². The highest BCUT2D eigenvalue weighted by molar-refractivity contribution is 5.00. The van der Waals surface area contributed by atoms with E-state index in [4.69, 9.17) is 4.74 Å². The van der Waals surface area contributed by atoms with Gasteiger partial charge in [0.25, 0.3) is 0 Å². The molecule has 1 rings (SSSR count). The summed E-state index contributed by atoms with van der Waals surface area (Å²) in [5.74, 6) is 0. The molecule has 0 aliphatic rings. The zero-order valence-corrected chi connectivity index (χ0v) is 10.8. The van der Waals surface area contributed by atoms with Gasteiger partial charge in [0.15, 0.2) is 0 Å². The van der Waals surface area contributed by atoms with Crippen LogP contribution in [-0.4, -0.2) is 40.3 Å². The maximum Gasteiger partial charge on any atom is 0.0843 e. The summed E-state index contributed by atoms with van der Waals surface area (Å²) in [5.41, 5.74) is 0.774. The van der Waals surface area contributed by atoms with E-state index in [0.717, 1.165) is 12.1 Å². The van der Waals surface area contributed by atoms with Crippen LogP contribution in [-0.2, 0) is 18.2 Å². The molecule has 0 saturated carbocycles. The van der Waals surface area contributed by atoms with Crippen LogP contribution in [0.5, 0.6) is 0 Å². The second kappa shape index (κ2) is 5.41. The van der Waals surface area contributed by atoms with Gasteiger partial charge in [0, 0.05) is 32.3 Å². The summed E-state index contributed by atoms with van der Waals surface area (Å²) in [6.07, 6.45) is 2.75. The van der Waals surface area contributed by atoms with Crippen molar-refractivity contribution < 1.29 is 4.74 Å². The van der Waals surface area contributed by atoms with Crippen LogP contribution in [0.1, 0.15) is 26.5 Å². The number of aryl methyl sites for hydroxylation is 1. The molecular formula is C11H22N4O. The van der Waals surface area contributed by atoms with E-state index in [0.29, 0.717) is 6.61 Å². The highest BCUT2D eigenvalue weighted by Gasteiger charge is 2.29. The third-order valence-electron chi connectivity index (χ3n) is 2.77. The molecule has 0 aliphatic carbocycles. The van der Waals surface area contributed by atoms with E-state index in [1.54, 1.807) is 4.68 Å². The second-order valence-electron chi connectivity index (χ2n) is 4.47. The summed E-state index contributed by atoms with van der Waals surface area (Å²) in [5, 5.41) is 11.3. The molecule has 0 fully saturated rings. The van der Waals surface area contributed by atoms with Gasteiger partial charge >= 0.3 is 0 Å². The van der Waals surface area contributed by atoms with Crippen molar-refractivity contribution in [3.63, 3.8) is 0 Å². The van der Waals surface area contributed by atoms with Crippen LogP contribution in [0.15, 0.2) is 6.20 Å². The highest BCUT2D eigenvalue weighted by atomic mass is 16.5. The average Bonchev–Trinajstić information content (AvgIpc) is 2.60. The van der Waals surface area contributed by atoms with E-state index in [9.17, 15) is 0 Å². The zero-order chi connectivity index (χ0) is 12.2. The quantitative estimate of drug-likeness (QED) is 0.778. The standard InChI is InChI=1S/C11H22N4O/c1-6-16-11(2,3)10(12-4)7-9-8-15(5)14-13-9/h8,10,12H,6-7H2,1-5H3. The molecule has 1 aromatic heterocycles. The van der Waals surface area contributed by atoms with E-state index in [1.165, 1.54) is 0 Å². The molecule has 1 unspecified atom stereocenters. The first-order valence-corrected chi connectivity index (χ1v) is 5.66. The molecule has 0 aliphatic heterocycles. The minimum absolute atomic E-state index is 0.207. The molecule has 0 spiro atoms. The summed E-state index contributed by atoms with van der Waals surface area (Å²) in [6.45, 7) is 6.91. The Morgan fingerprint density at radius 3 is 2.69 bits per heavy atom. The van der Waals surface area contributed by atoms with Crippen molar-refractivity contribution in [1.29, 1.82) is 0 Å². The summed E-state index contributed by atoms with van der Waals surface area (Å²) >= 11 is 0. The average molecular weight is 226 g/mol. The molecule has 1 heterocycles. The molecule has 92 valence electrons. The Kier molecular flexibility index (Phi) is 4.44. The third kappa shape index (κ3) is 3.28. The zero-order valence-electron chi connectivity index (χ0n) is 10.8. The number of hydrogen-bond donors (Lipinski definition) is 1. The van der Waals surface area contributed by atoms with E-state index in [-0.39, 0.29) is 11.6 Å². The van der Waals surface area contributed by atoms with Crippen molar-refractivity contribution >= 4 is 0 Å². The van der Waals surface area contributed by atoms with Crippen LogP contribution in [0.25, 0.3) is 0 Å². The lowest BCUT2D eigenvalue weighted by atomic mass is 9.94. The monoisotopic (exact) mass is 226 g/mol. The van der Waals surface area contributed by atoms with Gasteiger partial charge in [0.05, 0.1) is 11.3 Å². The second-order valence-corrected chi connectivity index (χ2v) is 4.47. The molecule has 5 heteroatoms. The molecule has 0 aromatic carbocycles. The fourth-order valence-electron chi connectivity index (χ4n) is 1.87. The summed E-state index contributed by atoms with van der Waals surface area (Å²) in [4.78, 5) is 0. The molecule has 1 N–H and O–H groups in total. The Hall–Kier alpha value is -0.940. The number of nitrogens with one attached hydrogen (secondary N) is 1. The number of hydrogen-bond acceptors (Lipinski definition) is 4. The van der Waals surface area contributed by atoms with Crippen LogP contribution in [0, 0.1) is 0 Å². The SMILES string of the molecule is CCOC(C)(C)C(Cc1cn(C)nn1)NC. The maximum atomic E-state index is 5.74. The van der Waals surface area contributed by atoms with E-state index in [2.05, 4.69) is 29.5 Å². The van der Waals surface area contributed by atoms with Crippen LogP contribution >= 0.6 is 0 Å². The van der Waals surface area contributed by atoms with Gasteiger partial charge in [-0.25, -0.2) is 0 Å². The lowest BCUT2D eigenvalue weighted by molar-refractivity contribution is -0.0365. The number of likely N-dealkylation sites (N-methyl/N-ethyl adjacent to an activating group) is 1. The molecule has 1 atom stereocenters. The van der Waals surface area contributed by atoms with Gasteiger partial charge in [0.1, 0.15) is 0 Å². The topological polar surface area (TPSA) is 52.0 Å². The fourth-order valence-corrected chi connectivity index (χ4v) is 1.87. The largest absolute Gasteiger partial charge is 0.374 e. The van der Waals surface area contributed by atoms with Gasteiger partial charge in [-0.05, 0) is 27.8 Å². The number of nitrogens with zero attached hydrogens (tertiary/aromatic N) is 3. The lowest BCUT2D eigenvalue weighted by Gasteiger charge is -2.33. The Morgan fingerprint density at radius 1 is 1.56 bits per heavy atom. The molecule has 0 bridgehead atoms. The predicted octanol–water partition coefficient (Wildman–Crippen LogP) is 0.761. The van der Waals surface area contributed by atoms with Crippen molar-refractivity contribution in [2.24, 2.45) is 7.05 Å². The maximum absolute atomic E-state index is 5.74. The van der Waals surface area contributed by atoms with Crippen molar-refractivity contribution in [1.82, 2.24) is 20.3 Å². The molecule has 5 nitrogen and oxygen atoms in total. The molecule has 0 radical (unpaired) electrons. The summed E-state index contributed by atoms with van der Waals surface area (Å²) < 4.78 is 7.46. The highest BCUT2D eigenvalue weighted by Crippen LogP contribution is 2.17. The first-order valence-electron chi connectivity index (χ1n) is 5.66. The van der Waals surface area contributed by atoms with Gasteiger partial charge in [0.2, 0.25) is 0 Å². The molecule has 16 heavy (non-hydrogen) atoms. The van der Waals surface area contributed by atoms with E-state index < -0.39 is 0 Å². The Balaban J connectivity index is 2.68. The normalized spacial score (nSPS) is 14.1. The van der Waals surface area contributed by atoms with Gasteiger partial charge in [-0.3, -0.25) is 4.68 Å². The molecule has 0 saturated heterocycles. The van der Waals surface area contributed by atoms with Crippen LogP contribution in [0.4, 0.5) is 0 Å². The summed E-state index contributed by atoms with van der Waals surface area (Å²) in [6, 6.07) is 0.226. The molecular weight excluding hydrogens is 204 g/mol. The first kappa shape index (κ1) is 13.1. The van der Waals surface area contributed by atoms with Gasteiger partial charge < -0.3 is 10.1 Å². The van der Waals surface area contributed by atoms with Crippen molar-refractivity contribution in [3.05, 3.63) is 11.9 Å². The smallest absolute Gasteiger partial charge is 0.0843 e. The lowest BCUT2D eigenvalue weighted by Crippen LogP contribution is -2.48. The minimum atomic E-state index is -0.207. The van der Waals surface area contributed by atoms with Crippen molar-refractivity contribution in [2.75, 3.05) is 13.7 Å². The van der Waals surface area contributed by atoms with Crippen LogP contribution < -0.4 is 5.32 Å². The summed E-state index contributed by atoms with van der Waals surface area (Å²) in [7, 11) is 3.82. The van der Waals surface area contributed by atoms with Gasteiger partial charge in [-0.15, -0.1) is 5.10 Å². The Morgan fingerprint density at radius 2 is 2.25 bits per heavy atom. The van der Waals surface area contributed by atoms with E-state index in [1.807, 2.05) is 27.2 Å².